The molecule has 9 nitrogen and oxygen atoms in total. The van der Waals surface area contributed by atoms with Gasteiger partial charge in [0.25, 0.3) is 0 Å². The van der Waals surface area contributed by atoms with E-state index >= 15 is 0 Å². The number of fused-ring (bicyclic) bond motifs is 1. The summed E-state index contributed by atoms with van der Waals surface area (Å²) in [5.74, 6) is 0.414. The van der Waals surface area contributed by atoms with Crippen LogP contribution in [-0.4, -0.2) is 37.7 Å². The van der Waals surface area contributed by atoms with Crippen molar-refractivity contribution in [2.24, 2.45) is 0 Å². The average molecular weight is 438 g/mol. The van der Waals surface area contributed by atoms with Crippen LogP contribution in [-0.2, 0) is 10.0 Å². The van der Waals surface area contributed by atoms with Crippen LogP contribution in [0.3, 0.4) is 0 Å². The van der Waals surface area contributed by atoms with Crippen molar-refractivity contribution in [3.05, 3.63) is 54.6 Å². The van der Waals surface area contributed by atoms with Crippen molar-refractivity contribution < 1.29 is 8.42 Å². The smallest absolute Gasteiger partial charge is 0.239 e. The maximum absolute atomic E-state index is 12.3. The Kier molecular flexibility index (Phi) is 4.89. The summed E-state index contributed by atoms with van der Waals surface area (Å²) in [4.78, 5) is 12.9. The van der Waals surface area contributed by atoms with Crippen molar-refractivity contribution in [3.63, 3.8) is 0 Å². The Morgan fingerprint density at radius 1 is 1.00 bits per heavy atom. The van der Waals surface area contributed by atoms with Crippen molar-refractivity contribution in [3.8, 4) is 22.4 Å². The molecule has 0 atom stereocenters. The third kappa shape index (κ3) is 4.06. The van der Waals surface area contributed by atoms with Gasteiger partial charge < -0.3 is 5.73 Å². The number of anilines is 2. The zero-order valence-corrected chi connectivity index (χ0v) is 18.5. The normalized spacial score (nSPS) is 12.3. The van der Waals surface area contributed by atoms with Gasteiger partial charge in [0.1, 0.15) is 5.82 Å². The number of nitrogens with one attached hydrogen (secondary N) is 1. The molecule has 3 N–H and O–H groups in total. The molecule has 0 aliphatic rings. The number of aryl methyl sites for hydroxylation is 1. The first kappa shape index (κ1) is 20.7. The number of nitrogens with zero attached hydrogens (tertiary/aromatic N) is 5. The Balaban J connectivity index is 1.75. The van der Waals surface area contributed by atoms with Crippen LogP contribution in [0.25, 0.3) is 27.9 Å². The van der Waals surface area contributed by atoms with E-state index in [1.54, 1.807) is 49.9 Å². The molecule has 0 spiro atoms. The van der Waals surface area contributed by atoms with Crippen molar-refractivity contribution in [2.75, 3.05) is 10.5 Å². The number of pyridine rings is 2. The second-order valence-electron chi connectivity index (χ2n) is 8.28. The molecule has 4 rings (SSSR count). The van der Waals surface area contributed by atoms with E-state index in [2.05, 4.69) is 24.8 Å². The summed E-state index contributed by atoms with van der Waals surface area (Å²) in [6.45, 7) is 6.80. The Morgan fingerprint density at radius 3 is 2.32 bits per heavy atom. The van der Waals surface area contributed by atoms with E-state index in [1.165, 1.54) is 0 Å². The fourth-order valence-electron chi connectivity index (χ4n) is 2.90. The van der Waals surface area contributed by atoms with Crippen LogP contribution in [0, 0.1) is 6.92 Å². The minimum Gasteiger partial charge on any atom is -0.382 e. The molecule has 0 fully saturated rings. The average Bonchev–Trinajstić information content (AvgIpc) is 3.07. The lowest BCUT2D eigenvalue weighted by molar-refractivity contribution is 0.565. The summed E-state index contributed by atoms with van der Waals surface area (Å²) in [5, 5.41) is 4.33. The zero-order chi connectivity index (χ0) is 22.4. The molecular formula is C21H23N7O2S. The van der Waals surface area contributed by atoms with E-state index in [0.717, 1.165) is 27.9 Å². The van der Waals surface area contributed by atoms with Crippen LogP contribution in [0.4, 0.5) is 11.8 Å². The Morgan fingerprint density at radius 2 is 1.71 bits per heavy atom. The van der Waals surface area contributed by atoms with Crippen LogP contribution in [0.1, 0.15) is 26.3 Å². The number of nitrogens with two attached hydrogens (primary N) is 1. The van der Waals surface area contributed by atoms with Gasteiger partial charge in [0, 0.05) is 47.5 Å². The molecule has 0 saturated carbocycles. The molecule has 160 valence electrons. The standard InChI is InChI=1S/C21H23N7O2S/c1-13-5-6-17(23-9-13)16-7-14(12-28-18(16)8-19(22)26-28)15-10-24-20(25-11-15)27-31(29,30)21(2,3)4/h5-12H,1-4H3,(H2,22,26)(H,24,25,27). The second kappa shape index (κ2) is 7.31. The monoisotopic (exact) mass is 437 g/mol. The summed E-state index contributed by atoms with van der Waals surface area (Å²) in [6.07, 6.45) is 6.75. The minimum absolute atomic E-state index is 0.0171. The third-order valence-corrected chi connectivity index (χ3v) is 6.86. The fourth-order valence-corrected chi connectivity index (χ4v) is 3.56. The number of hydrogen-bond acceptors (Lipinski definition) is 7. The number of hydrogen-bond donors (Lipinski definition) is 2. The largest absolute Gasteiger partial charge is 0.382 e. The highest BCUT2D eigenvalue weighted by Gasteiger charge is 2.29. The van der Waals surface area contributed by atoms with Gasteiger partial charge in [-0.1, -0.05) is 6.07 Å². The zero-order valence-electron chi connectivity index (χ0n) is 17.7. The van der Waals surface area contributed by atoms with Crippen molar-refractivity contribution in [2.45, 2.75) is 32.4 Å². The molecule has 4 heterocycles. The molecular weight excluding hydrogens is 414 g/mol. The van der Waals surface area contributed by atoms with Crippen LogP contribution in [0.15, 0.2) is 49.1 Å². The van der Waals surface area contributed by atoms with Crippen LogP contribution >= 0.6 is 0 Å². The highest BCUT2D eigenvalue weighted by atomic mass is 32.2. The summed E-state index contributed by atoms with van der Waals surface area (Å²) in [7, 11) is -3.61. The topological polar surface area (TPSA) is 128 Å². The van der Waals surface area contributed by atoms with Crippen molar-refractivity contribution >= 4 is 27.3 Å². The highest BCUT2D eigenvalue weighted by Crippen LogP contribution is 2.30. The van der Waals surface area contributed by atoms with Crippen LogP contribution in [0.5, 0.6) is 0 Å². The van der Waals surface area contributed by atoms with Crippen molar-refractivity contribution in [1.82, 2.24) is 24.6 Å². The lowest BCUT2D eigenvalue weighted by Crippen LogP contribution is -2.34. The van der Waals surface area contributed by atoms with E-state index < -0.39 is 14.8 Å². The maximum atomic E-state index is 12.3. The lowest BCUT2D eigenvalue weighted by atomic mass is 10.0. The first-order valence-corrected chi connectivity index (χ1v) is 11.1. The van der Waals surface area contributed by atoms with Gasteiger partial charge in [-0.15, -0.1) is 0 Å². The summed E-state index contributed by atoms with van der Waals surface area (Å²) >= 11 is 0. The number of nitrogen functional groups attached to an aromatic ring is 1. The molecule has 0 amide bonds. The van der Waals surface area contributed by atoms with Gasteiger partial charge in [-0.25, -0.2) is 22.9 Å². The predicted octanol–water partition coefficient (Wildman–Crippen LogP) is 3.28. The summed E-state index contributed by atoms with van der Waals surface area (Å²) in [5.41, 5.74) is 10.9. The molecule has 0 aromatic carbocycles. The molecule has 0 bridgehead atoms. The number of aromatic nitrogens is 5. The molecule has 10 heteroatoms. The van der Waals surface area contributed by atoms with E-state index in [1.807, 2.05) is 31.3 Å². The lowest BCUT2D eigenvalue weighted by Gasteiger charge is -2.19. The molecule has 0 saturated heterocycles. The van der Waals surface area contributed by atoms with Gasteiger partial charge in [-0.2, -0.15) is 5.10 Å². The van der Waals surface area contributed by atoms with Crippen molar-refractivity contribution in [1.29, 1.82) is 0 Å². The van der Waals surface area contributed by atoms with Gasteiger partial charge in [-0.3, -0.25) is 9.71 Å². The van der Waals surface area contributed by atoms with Gasteiger partial charge in [0.2, 0.25) is 16.0 Å². The highest BCUT2D eigenvalue weighted by molar-refractivity contribution is 7.94. The predicted molar refractivity (Wildman–Crippen MR) is 121 cm³/mol. The third-order valence-electron chi connectivity index (χ3n) is 4.80. The molecule has 0 radical (unpaired) electrons. The Labute approximate surface area is 180 Å². The summed E-state index contributed by atoms with van der Waals surface area (Å²) in [6, 6.07) is 7.69. The molecule has 31 heavy (non-hydrogen) atoms. The van der Waals surface area contributed by atoms with E-state index in [4.69, 9.17) is 5.73 Å². The van der Waals surface area contributed by atoms with E-state index in [9.17, 15) is 8.42 Å². The van der Waals surface area contributed by atoms with Crippen LogP contribution < -0.4 is 10.5 Å². The van der Waals surface area contributed by atoms with Gasteiger partial charge in [-0.05, 0) is 45.4 Å². The molecule has 0 unspecified atom stereocenters. The molecule has 0 aliphatic heterocycles. The molecule has 0 aliphatic carbocycles. The van der Waals surface area contributed by atoms with E-state index in [-0.39, 0.29) is 5.95 Å². The first-order valence-electron chi connectivity index (χ1n) is 9.60. The quantitative estimate of drug-likeness (QED) is 0.501. The Bertz CT molecular complexity index is 1350. The van der Waals surface area contributed by atoms with Gasteiger partial charge in [0.05, 0.1) is 16.0 Å². The van der Waals surface area contributed by atoms with Gasteiger partial charge in [0.15, 0.2) is 0 Å². The van der Waals surface area contributed by atoms with Crippen LogP contribution in [0.2, 0.25) is 0 Å². The minimum atomic E-state index is -3.61. The fraction of sp³-hybridized carbons (Fsp3) is 0.238. The second-order valence-corrected chi connectivity index (χ2v) is 10.7. The number of rotatable bonds is 4. The summed E-state index contributed by atoms with van der Waals surface area (Å²) < 4.78 is 27.8. The number of sulfonamides is 1. The Hall–Kier alpha value is -3.53. The first-order chi connectivity index (χ1) is 14.5. The SMILES string of the molecule is Cc1ccc(-c2cc(-c3cnc(NS(=O)(=O)C(C)(C)C)nc3)cn3nc(N)cc23)nc1. The molecule has 4 aromatic rings. The maximum Gasteiger partial charge on any atom is 0.239 e. The molecule has 4 aromatic heterocycles. The van der Waals surface area contributed by atoms with E-state index in [0.29, 0.717) is 11.4 Å². The van der Waals surface area contributed by atoms with Gasteiger partial charge >= 0.3 is 0 Å².